The van der Waals surface area contributed by atoms with Gasteiger partial charge in [0.15, 0.2) is 5.79 Å². The maximum Gasteiger partial charge on any atom is 0.226 e. The molecule has 0 aromatic rings. The highest BCUT2D eigenvalue weighted by Crippen LogP contribution is 2.57. The van der Waals surface area contributed by atoms with E-state index in [-0.39, 0.29) is 5.79 Å². The molecule has 0 radical (unpaired) electrons. The molecule has 0 aromatic carbocycles. The van der Waals surface area contributed by atoms with E-state index in [1.54, 1.807) is 0 Å². The Morgan fingerprint density at radius 3 is 1.95 bits per heavy atom. The fourth-order valence-electron chi connectivity index (χ4n) is 6.39. The maximum atomic E-state index is 13.1. The lowest BCUT2D eigenvalue weighted by Crippen LogP contribution is -2.55. The van der Waals surface area contributed by atoms with Crippen LogP contribution < -0.4 is 0 Å². The standard InChI is InChI=1S/C18H27NO3/c20-17(19-3-1-18(2-4-19)21-5-6-22-18)16-14-8-12-7-13(10-14)11-15(16)9-12/h12-16H,1-11H2. The average Bonchev–Trinajstić information content (AvgIpc) is 2.95. The molecule has 0 unspecified atom stereocenters. The van der Waals surface area contributed by atoms with Gasteiger partial charge in [-0.3, -0.25) is 4.79 Å². The van der Waals surface area contributed by atoms with Gasteiger partial charge in [-0.05, 0) is 55.8 Å². The lowest BCUT2D eigenvalue weighted by molar-refractivity contribution is -0.191. The van der Waals surface area contributed by atoms with Crippen molar-refractivity contribution < 1.29 is 14.3 Å². The van der Waals surface area contributed by atoms with Crippen LogP contribution in [-0.2, 0) is 14.3 Å². The van der Waals surface area contributed by atoms with E-state index in [1.165, 1.54) is 32.1 Å². The van der Waals surface area contributed by atoms with Crippen LogP contribution in [0.1, 0.15) is 44.9 Å². The summed E-state index contributed by atoms with van der Waals surface area (Å²) in [7, 11) is 0. The van der Waals surface area contributed by atoms with E-state index in [2.05, 4.69) is 4.90 Å². The molecule has 4 aliphatic carbocycles. The lowest BCUT2D eigenvalue weighted by Gasteiger charge is -2.54. The summed E-state index contributed by atoms with van der Waals surface area (Å²) in [6, 6.07) is 0. The summed E-state index contributed by atoms with van der Waals surface area (Å²) in [6.45, 7) is 3.07. The van der Waals surface area contributed by atoms with Gasteiger partial charge in [0.1, 0.15) is 0 Å². The van der Waals surface area contributed by atoms with Gasteiger partial charge in [-0.2, -0.15) is 0 Å². The van der Waals surface area contributed by atoms with Crippen LogP contribution in [0.4, 0.5) is 0 Å². The monoisotopic (exact) mass is 305 g/mol. The zero-order valence-electron chi connectivity index (χ0n) is 13.3. The molecule has 4 saturated carbocycles. The van der Waals surface area contributed by atoms with Crippen molar-refractivity contribution in [3.8, 4) is 0 Å². The molecule has 2 saturated heterocycles. The minimum absolute atomic E-state index is 0.340. The number of hydrogen-bond acceptors (Lipinski definition) is 3. The Kier molecular flexibility index (Phi) is 3.10. The quantitative estimate of drug-likeness (QED) is 0.747. The first-order valence-corrected chi connectivity index (χ1v) is 9.29. The van der Waals surface area contributed by atoms with Crippen LogP contribution in [0.25, 0.3) is 0 Å². The molecule has 4 bridgehead atoms. The van der Waals surface area contributed by atoms with Crippen LogP contribution in [0.2, 0.25) is 0 Å². The van der Waals surface area contributed by atoms with Crippen molar-refractivity contribution in [1.82, 2.24) is 4.90 Å². The fourth-order valence-corrected chi connectivity index (χ4v) is 6.39. The summed E-state index contributed by atoms with van der Waals surface area (Å²) in [5.74, 6) is 3.71. The fraction of sp³-hybridized carbons (Fsp3) is 0.944. The van der Waals surface area contributed by atoms with Crippen molar-refractivity contribution in [1.29, 1.82) is 0 Å². The van der Waals surface area contributed by atoms with Crippen LogP contribution in [0.15, 0.2) is 0 Å². The number of hydrogen-bond donors (Lipinski definition) is 0. The third-order valence-corrected chi connectivity index (χ3v) is 7.16. The predicted octanol–water partition coefficient (Wildman–Crippen LogP) is 2.42. The van der Waals surface area contributed by atoms with Gasteiger partial charge in [0.25, 0.3) is 0 Å². The molecule has 22 heavy (non-hydrogen) atoms. The summed E-state index contributed by atoms with van der Waals surface area (Å²) < 4.78 is 11.6. The van der Waals surface area contributed by atoms with Gasteiger partial charge in [0.05, 0.1) is 13.2 Å². The van der Waals surface area contributed by atoms with E-state index >= 15 is 0 Å². The number of nitrogens with zero attached hydrogens (tertiary/aromatic N) is 1. The minimum atomic E-state index is -0.360. The molecule has 2 aliphatic heterocycles. The zero-order valence-corrected chi connectivity index (χ0v) is 13.3. The van der Waals surface area contributed by atoms with Crippen molar-refractivity contribution in [2.45, 2.75) is 50.7 Å². The Bertz CT molecular complexity index is 433. The molecular weight excluding hydrogens is 278 g/mol. The maximum absolute atomic E-state index is 13.1. The van der Waals surface area contributed by atoms with Gasteiger partial charge < -0.3 is 14.4 Å². The van der Waals surface area contributed by atoms with Crippen LogP contribution in [-0.4, -0.2) is 42.9 Å². The molecule has 6 rings (SSSR count). The molecular formula is C18H27NO3. The second-order valence-corrected chi connectivity index (χ2v) is 8.39. The highest BCUT2D eigenvalue weighted by Gasteiger charge is 2.52. The Morgan fingerprint density at radius 2 is 1.41 bits per heavy atom. The van der Waals surface area contributed by atoms with E-state index in [0.29, 0.717) is 36.9 Å². The molecule has 1 spiro atoms. The van der Waals surface area contributed by atoms with Gasteiger partial charge in [0, 0.05) is 31.8 Å². The van der Waals surface area contributed by atoms with Crippen molar-refractivity contribution in [3.05, 3.63) is 0 Å². The van der Waals surface area contributed by atoms with Crippen LogP contribution >= 0.6 is 0 Å². The number of carbonyl (C=O) groups excluding carboxylic acids is 1. The second-order valence-electron chi connectivity index (χ2n) is 8.39. The molecule has 0 aromatic heterocycles. The van der Waals surface area contributed by atoms with Crippen molar-refractivity contribution in [3.63, 3.8) is 0 Å². The Hall–Kier alpha value is -0.610. The third kappa shape index (κ3) is 2.06. The van der Waals surface area contributed by atoms with E-state index in [0.717, 1.165) is 37.8 Å². The van der Waals surface area contributed by atoms with Crippen LogP contribution in [0.3, 0.4) is 0 Å². The van der Waals surface area contributed by atoms with Crippen LogP contribution in [0.5, 0.6) is 0 Å². The van der Waals surface area contributed by atoms with Gasteiger partial charge >= 0.3 is 0 Å². The Balaban J connectivity index is 1.27. The molecule has 4 nitrogen and oxygen atoms in total. The van der Waals surface area contributed by atoms with Gasteiger partial charge in [-0.1, -0.05) is 0 Å². The lowest BCUT2D eigenvalue weighted by atomic mass is 9.51. The Labute approximate surface area is 132 Å². The van der Waals surface area contributed by atoms with E-state index in [9.17, 15) is 4.79 Å². The molecule has 6 aliphatic rings. The number of amides is 1. The summed E-state index contributed by atoms with van der Waals surface area (Å²) in [4.78, 5) is 15.3. The molecule has 6 fully saturated rings. The normalized spacial score (nSPS) is 45.6. The number of rotatable bonds is 1. The molecule has 2 heterocycles. The van der Waals surface area contributed by atoms with Crippen LogP contribution in [0, 0.1) is 29.6 Å². The SMILES string of the molecule is O=C(C1C2CC3CC(C2)CC1C3)N1CCC2(CC1)OCCO2. The van der Waals surface area contributed by atoms with Crippen molar-refractivity contribution in [2.75, 3.05) is 26.3 Å². The highest BCUT2D eigenvalue weighted by molar-refractivity contribution is 5.80. The largest absolute Gasteiger partial charge is 0.347 e. The topological polar surface area (TPSA) is 38.8 Å². The summed E-state index contributed by atoms with van der Waals surface area (Å²) in [5, 5.41) is 0. The number of carbonyl (C=O) groups is 1. The zero-order chi connectivity index (χ0) is 14.7. The summed E-state index contributed by atoms with van der Waals surface area (Å²) in [6.07, 6.45) is 8.47. The van der Waals surface area contributed by atoms with E-state index in [1.807, 2.05) is 0 Å². The first-order valence-electron chi connectivity index (χ1n) is 9.29. The van der Waals surface area contributed by atoms with Gasteiger partial charge in [-0.25, -0.2) is 0 Å². The van der Waals surface area contributed by atoms with Crippen molar-refractivity contribution in [2.24, 2.45) is 29.6 Å². The number of ether oxygens (including phenoxy) is 2. The molecule has 4 heteroatoms. The smallest absolute Gasteiger partial charge is 0.226 e. The first kappa shape index (κ1) is 13.8. The molecule has 0 atom stereocenters. The van der Waals surface area contributed by atoms with E-state index in [4.69, 9.17) is 9.47 Å². The molecule has 1 amide bonds. The summed E-state index contributed by atoms with van der Waals surface area (Å²) in [5.41, 5.74) is 0. The average molecular weight is 305 g/mol. The van der Waals surface area contributed by atoms with Gasteiger partial charge in [-0.15, -0.1) is 0 Å². The third-order valence-electron chi connectivity index (χ3n) is 7.16. The predicted molar refractivity (Wildman–Crippen MR) is 81.0 cm³/mol. The first-order chi connectivity index (χ1) is 10.7. The Morgan fingerprint density at radius 1 is 0.864 bits per heavy atom. The number of likely N-dealkylation sites (tertiary alicyclic amines) is 1. The van der Waals surface area contributed by atoms with Crippen molar-refractivity contribution >= 4 is 5.91 Å². The molecule has 0 N–H and O–H groups in total. The highest BCUT2D eigenvalue weighted by atomic mass is 16.7. The van der Waals surface area contributed by atoms with Gasteiger partial charge in [0.2, 0.25) is 5.91 Å². The summed E-state index contributed by atoms with van der Waals surface area (Å²) >= 11 is 0. The minimum Gasteiger partial charge on any atom is -0.347 e. The molecule has 122 valence electrons. The van der Waals surface area contributed by atoms with E-state index < -0.39 is 0 Å². The number of piperidine rings is 1. The second kappa shape index (κ2) is 4.94.